The van der Waals surface area contributed by atoms with Gasteiger partial charge in [-0.05, 0) is 13.3 Å². The summed E-state index contributed by atoms with van der Waals surface area (Å²) < 4.78 is 11.0. The Morgan fingerprint density at radius 1 is 1.53 bits per heavy atom. The van der Waals surface area contributed by atoms with E-state index in [1.165, 1.54) is 0 Å². The van der Waals surface area contributed by atoms with E-state index in [1.807, 2.05) is 6.92 Å². The second kappa shape index (κ2) is 4.82. The van der Waals surface area contributed by atoms with E-state index in [0.717, 1.165) is 13.0 Å². The van der Waals surface area contributed by atoms with Crippen molar-refractivity contribution in [2.45, 2.75) is 45.2 Å². The summed E-state index contributed by atoms with van der Waals surface area (Å²) >= 11 is 5.60. The first-order valence-electron chi connectivity index (χ1n) is 5.84. The zero-order valence-corrected chi connectivity index (χ0v) is 11.1. The number of aromatic nitrogens is 2. The van der Waals surface area contributed by atoms with Crippen LogP contribution in [0.4, 0.5) is 6.01 Å². The third-order valence-electron chi connectivity index (χ3n) is 3.42. The van der Waals surface area contributed by atoms with Gasteiger partial charge in [0, 0.05) is 18.1 Å². The summed E-state index contributed by atoms with van der Waals surface area (Å²) in [6, 6.07) is 0.733. The molecule has 1 aromatic rings. The Kier molecular flexibility index (Phi) is 3.58. The fraction of sp³-hybridized carbons (Fsp3) is 0.818. The second-order valence-corrected chi connectivity index (χ2v) is 5.10. The number of hydrogen-bond donors (Lipinski definition) is 1. The van der Waals surface area contributed by atoms with Gasteiger partial charge in [0.1, 0.15) is 5.88 Å². The second-order valence-electron chi connectivity index (χ2n) is 4.83. The Morgan fingerprint density at radius 3 is 2.82 bits per heavy atom. The number of halogens is 1. The number of anilines is 1. The monoisotopic (exact) mass is 259 g/mol. The fourth-order valence-corrected chi connectivity index (χ4v) is 2.24. The Bertz CT molecular complexity index is 381. The van der Waals surface area contributed by atoms with E-state index in [-0.39, 0.29) is 11.3 Å². The van der Waals surface area contributed by atoms with Gasteiger partial charge in [-0.2, -0.15) is 0 Å². The maximum absolute atomic E-state index is 5.66. The molecule has 2 unspecified atom stereocenters. The Morgan fingerprint density at radius 2 is 2.29 bits per heavy atom. The van der Waals surface area contributed by atoms with Crippen molar-refractivity contribution in [3.63, 3.8) is 0 Å². The molecule has 1 aromatic heterocycles. The van der Waals surface area contributed by atoms with Gasteiger partial charge >= 0.3 is 6.01 Å². The van der Waals surface area contributed by atoms with Gasteiger partial charge in [-0.25, -0.2) is 0 Å². The predicted molar refractivity (Wildman–Crippen MR) is 65.1 cm³/mol. The van der Waals surface area contributed by atoms with E-state index in [9.17, 15) is 0 Å². The number of rotatable bonds is 5. The van der Waals surface area contributed by atoms with Crippen LogP contribution < -0.4 is 5.32 Å². The smallest absolute Gasteiger partial charge is 0.315 e. The summed E-state index contributed by atoms with van der Waals surface area (Å²) in [7, 11) is 0. The molecule has 0 saturated heterocycles. The molecule has 1 heterocycles. The van der Waals surface area contributed by atoms with E-state index in [4.69, 9.17) is 20.8 Å². The average Bonchev–Trinajstić information content (AvgIpc) is 2.75. The largest absolute Gasteiger partial charge is 0.407 e. The molecule has 5 nitrogen and oxygen atoms in total. The van der Waals surface area contributed by atoms with Crippen LogP contribution in [0.1, 0.15) is 33.1 Å². The summed E-state index contributed by atoms with van der Waals surface area (Å²) in [4.78, 5) is 0. The van der Waals surface area contributed by atoms with Crippen molar-refractivity contribution < 1.29 is 9.15 Å². The minimum atomic E-state index is 0.0750. The summed E-state index contributed by atoms with van der Waals surface area (Å²) in [5.41, 5.74) is 0.0750. The lowest BCUT2D eigenvalue weighted by molar-refractivity contribution is -0.0980. The van der Waals surface area contributed by atoms with Gasteiger partial charge in [0.25, 0.3) is 0 Å². The highest BCUT2D eigenvalue weighted by Gasteiger charge is 2.49. The third kappa shape index (κ3) is 2.40. The lowest BCUT2D eigenvalue weighted by Crippen LogP contribution is -2.58. The summed E-state index contributed by atoms with van der Waals surface area (Å²) in [5, 5.41) is 10.9. The zero-order chi connectivity index (χ0) is 12.5. The van der Waals surface area contributed by atoms with Crippen molar-refractivity contribution >= 4 is 17.6 Å². The van der Waals surface area contributed by atoms with Crippen LogP contribution in [0, 0.1) is 5.41 Å². The lowest BCUT2D eigenvalue weighted by Gasteiger charge is -2.51. The highest BCUT2D eigenvalue weighted by atomic mass is 35.5. The van der Waals surface area contributed by atoms with Crippen molar-refractivity contribution in [2.24, 2.45) is 5.41 Å². The van der Waals surface area contributed by atoms with Crippen molar-refractivity contribution in [3.05, 3.63) is 5.89 Å². The van der Waals surface area contributed by atoms with Gasteiger partial charge in [0.15, 0.2) is 0 Å². The molecule has 0 spiro atoms. The van der Waals surface area contributed by atoms with Gasteiger partial charge < -0.3 is 14.5 Å². The number of alkyl halides is 1. The van der Waals surface area contributed by atoms with Crippen molar-refractivity contribution in [2.75, 3.05) is 11.9 Å². The SMILES string of the molecule is CCOC1CC(Nc2nnc(CCl)o2)C1(C)C. The van der Waals surface area contributed by atoms with Crippen molar-refractivity contribution in [1.82, 2.24) is 10.2 Å². The summed E-state index contributed by atoms with van der Waals surface area (Å²) in [6.45, 7) is 7.11. The van der Waals surface area contributed by atoms with E-state index in [2.05, 4.69) is 29.4 Å². The van der Waals surface area contributed by atoms with E-state index in [1.54, 1.807) is 0 Å². The lowest BCUT2D eigenvalue weighted by atomic mass is 9.64. The minimum Gasteiger partial charge on any atom is -0.407 e. The Balaban J connectivity index is 1.93. The normalized spacial score (nSPS) is 26.6. The van der Waals surface area contributed by atoms with Crippen LogP contribution in [0.2, 0.25) is 0 Å². The standard InChI is InChI=1S/C11H18ClN3O2/c1-4-16-8-5-7(11(8,2)3)13-10-15-14-9(6-12)17-10/h7-8H,4-6H2,1-3H3,(H,13,15). The van der Waals surface area contributed by atoms with Gasteiger partial charge in [0.2, 0.25) is 5.89 Å². The molecule has 96 valence electrons. The molecule has 2 rings (SSSR count). The molecule has 17 heavy (non-hydrogen) atoms. The highest BCUT2D eigenvalue weighted by molar-refractivity contribution is 6.16. The molecule has 0 aromatic carbocycles. The predicted octanol–water partition coefficient (Wildman–Crippen LogP) is 2.42. The van der Waals surface area contributed by atoms with Gasteiger partial charge in [0.05, 0.1) is 6.10 Å². The molecule has 0 aliphatic heterocycles. The first-order valence-corrected chi connectivity index (χ1v) is 6.37. The molecule has 6 heteroatoms. The highest BCUT2D eigenvalue weighted by Crippen LogP contribution is 2.44. The number of hydrogen-bond acceptors (Lipinski definition) is 5. The molecule has 2 atom stereocenters. The zero-order valence-electron chi connectivity index (χ0n) is 10.4. The molecular weight excluding hydrogens is 242 g/mol. The van der Waals surface area contributed by atoms with Crippen LogP contribution in [0.25, 0.3) is 0 Å². The van der Waals surface area contributed by atoms with Crippen molar-refractivity contribution in [3.8, 4) is 0 Å². The third-order valence-corrected chi connectivity index (χ3v) is 3.65. The van der Waals surface area contributed by atoms with Crippen LogP contribution in [0.3, 0.4) is 0 Å². The molecular formula is C11H18ClN3O2. The van der Waals surface area contributed by atoms with Crippen LogP contribution in [-0.4, -0.2) is 29.0 Å². The fourth-order valence-electron chi connectivity index (χ4n) is 2.13. The van der Waals surface area contributed by atoms with E-state index < -0.39 is 0 Å². The van der Waals surface area contributed by atoms with Gasteiger partial charge in [-0.3, -0.25) is 0 Å². The first kappa shape index (κ1) is 12.6. The number of nitrogens with zero attached hydrogens (tertiary/aromatic N) is 2. The molecule has 1 N–H and O–H groups in total. The summed E-state index contributed by atoms with van der Waals surface area (Å²) in [5.74, 6) is 0.678. The number of ether oxygens (including phenoxy) is 1. The Hall–Kier alpha value is -0.810. The van der Waals surface area contributed by atoms with E-state index in [0.29, 0.717) is 24.1 Å². The molecule has 1 fully saturated rings. The van der Waals surface area contributed by atoms with Crippen LogP contribution in [0.15, 0.2) is 4.42 Å². The molecule has 1 aliphatic carbocycles. The van der Waals surface area contributed by atoms with Crippen LogP contribution >= 0.6 is 11.6 Å². The number of nitrogens with one attached hydrogen (secondary N) is 1. The van der Waals surface area contributed by atoms with Gasteiger partial charge in [-0.1, -0.05) is 18.9 Å². The maximum atomic E-state index is 5.66. The minimum absolute atomic E-state index is 0.0750. The topological polar surface area (TPSA) is 60.2 Å². The average molecular weight is 260 g/mol. The van der Waals surface area contributed by atoms with Crippen molar-refractivity contribution in [1.29, 1.82) is 0 Å². The van der Waals surface area contributed by atoms with Crippen LogP contribution in [0.5, 0.6) is 0 Å². The quantitative estimate of drug-likeness (QED) is 0.823. The molecule has 1 saturated carbocycles. The summed E-state index contributed by atoms with van der Waals surface area (Å²) in [6.07, 6.45) is 1.25. The van der Waals surface area contributed by atoms with Gasteiger partial charge in [-0.15, -0.1) is 16.7 Å². The maximum Gasteiger partial charge on any atom is 0.315 e. The molecule has 0 amide bonds. The molecule has 0 bridgehead atoms. The Labute approximate surface area is 106 Å². The van der Waals surface area contributed by atoms with Crippen LogP contribution in [-0.2, 0) is 10.6 Å². The molecule has 1 aliphatic rings. The first-order chi connectivity index (χ1) is 8.07. The van der Waals surface area contributed by atoms with E-state index >= 15 is 0 Å². The molecule has 0 radical (unpaired) electrons.